The standard InChI is InChI=1S/C19H23FN2O2S/c20-18-10-4-2-8-16(18)14-21-15-17-9-3-5-11-19(17)25(23,24)22-12-6-1-7-13-22/h2-5,8-11,21H,1,6-7,12-15H2. The van der Waals surface area contributed by atoms with Crippen LogP contribution in [0.4, 0.5) is 4.39 Å². The summed E-state index contributed by atoms with van der Waals surface area (Å²) in [5.41, 5.74) is 1.28. The number of benzene rings is 2. The Morgan fingerprint density at radius 1 is 0.880 bits per heavy atom. The van der Waals surface area contributed by atoms with Crippen LogP contribution in [0.25, 0.3) is 0 Å². The third-order valence-electron chi connectivity index (χ3n) is 4.49. The summed E-state index contributed by atoms with van der Waals surface area (Å²) >= 11 is 0. The van der Waals surface area contributed by atoms with Crippen molar-refractivity contribution in [2.75, 3.05) is 13.1 Å². The molecule has 1 heterocycles. The van der Waals surface area contributed by atoms with Gasteiger partial charge in [-0.15, -0.1) is 0 Å². The maximum absolute atomic E-state index is 13.7. The second kappa shape index (κ2) is 8.08. The van der Waals surface area contributed by atoms with Crippen LogP contribution in [0.15, 0.2) is 53.4 Å². The monoisotopic (exact) mass is 362 g/mol. The van der Waals surface area contributed by atoms with Crippen LogP contribution >= 0.6 is 0 Å². The van der Waals surface area contributed by atoms with E-state index in [1.165, 1.54) is 6.07 Å². The van der Waals surface area contributed by atoms with Gasteiger partial charge in [-0.1, -0.05) is 42.8 Å². The first-order valence-electron chi connectivity index (χ1n) is 8.61. The third-order valence-corrected chi connectivity index (χ3v) is 6.49. The van der Waals surface area contributed by atoms with E-state index < -0.39 is 10.0 Å². The molecule has 25 heavy (non-hydrogen) atoms. The fourth-order valence-electron chi connectivity index (χ4n) is 3.12. The number of hydrogen-bond donors (Lipinski definition) is 1. The average Bonchev–Trinajstić information content (AvgIpc) is 2.64. The van der Waals surface area contributed by atoms with Gasteiger partial charge >= 0.3 is 0 Å². The fourth-order valence-corrected chi connectivity index (χ4v) is 4.86. The summed E-state index contributed by atoms with van der Waals surface area (Å²) in [6.07, 6.45) is 2.90. The highest BCUT2D eigenvalue weighted by atomic mass is 32.2. The highest BCUT2D eigenvalue weighted by Gasteiger charge is 2.27. The zero-order valence-corrected chi connectivity index (χ0v) is 14.9. The lowest BCUT2D eigenvalue weighted by Crippen LogP contribution is -2.36. The Kier molecular flexibility index (Phi) is 5.83. The summed E-state index contributed by atoms with van der Waals surface area (Å²) < 4.78 is 41.1. The van der Waals surface area contributed by atoms with Crippen LogP contribution < -0.4 is 5.32 Å². The molecule has 0 radical (unpaired) electrons. The van der Waals surface area contributed by atoms with Crippen molar-refractivity contribution in [1.82, 2.24) is 9.62 Å². The molecule has 0 saturated carbocycles. The van der Waals surface area contributed by atoms with Crippen LogP contribution in [0.2, 0.25) is 0 Å². The molecule has 1 saturated heterocycles. The molecular weight excluding hydrogens is 339 g/mol. The number of hydrogen-bond acceptors (Lipinski definition) is 3. The molecule has 0 spiro atoms. The molecule has 3 rings (SSSR count). The summed E-state index contributed by atoms with van der Waals surface area (Å²) in [4.78, 5) is 0.345. The summed E-state index contributed by atoms with van der Waals surface area (Å²) in [7, 11) is -3.48. The van der Waals surface area contributed by atoms with Gasteiger partial charge in [0.2, 0.25) is 10.0 Å². The van der Waals surface area contributed by atoms with E-state index in [1.54, 1.807) is 34.6 Å². The summed E-state index contributed by atoms with van der Waals surface area (Å²) in [5.74, 6) is -0.260. The number of halogens is 1. The minimum atomic E-state index is -3.48. The van der Waals surface area contributed by atoms with E-state index in [0.717, 1.165) is 19.3 Å². The van der Waals surface area contributed by atoms with Crippen molar-refractivity contribution in [3.63, 3.8) is 0 Å². The second-order valence-electron chi connectivity index (χ2n) is 6.27. The van der Waals surface area contributed by atoms with E-state index in [4.69, 9.17) is 0 Å². The number of rotatable bonds is 6. The van der Waals surface area contributed by atoms with Gasteiger partial charge < -0.3 is 5.32 Å². The van der Waals surface area contributed by atoms with Crippen molar-refractivity contribution in [2.24, 2.45) is 0 Å². The SMILES string of the molecule is O=S(=O)(c1ccccc1CNCc1ccccc1F)N1CCCCC1. The van der Waals surface area contributed by atoms with Gasteiger partial charge in [0, 0.05) is 31.7 Å². The summed E-state index contributed by atoms with van der Waals surface area (Å²) in [6, 6.07) is 13.6. The lowest BCUT2D eigenvalue weighted by molar-refractivity contribution is 0.346. The zero-order valence-electron chi connectivity index (χ0n) is 14.1. The molecule has 6 heteroatoms. The molecule has 1 fully saturated rings. The van der Waals surface area contributed by atoms with Gasteiger partial charge in [0.25, 0.3) is 0 Å². The van der Waals surface area contributed by atoms with Crippen molar-refractivity contribution >= 4 is 10.0 Å². The van der Waals surface area contributed by atoms with E-state index in [0.29, 0.717) is 42.2 Å². The van der Waals surface area contributed by atoms with Crippen molar-refractivity contribution in [3.05, 3.63) is 65.5 Å². The smallest absolute Gasteiger partial charge is 0.243 e. The number of piperidine rings is 1. The lowest BCUT2D eigenvalue weighted by Gasteiger charge is -2.26. The predicted octanol–water partition coefficient (Wildman–Crippen LogP) is 3.29. The molecular formula is C19H23FN2O2S. The fraction of sp³-hybridized carbons (Fsp3) is 0.368. The van der Waals surface area contributed by atoms with Gasteiger partial charge in [0.05, 0.1) is 4.90 Å². The Hall–Kier alpha value is -1.76. The molecule has 0 aromatic heterocycles. The largest absolute Gasteiger partial charge is 0.308 e. The van der Waals surface area contributed by atoms with Crippen molar-refractivity contribution < 1.29 is 12.8 Å². The Morgan fingerprint density at radius 3 is 2.20 bits per heavy atom. The van der Waals surface area contributed by atoms with Crippen LogP contribution in [0.3, 0.4) is 0 Å². The molecule has 2 aromatic carbocycles. The number of sulfonamides is 1. The molecule has 134 valence electrons. The Bertz CT molecular complexity index is 818. The second-order valence-corrected chi connectivity index (χ2v) is 8.17. The maximum Gasteiger partial charge on any atom is 0.243 e. The van der Waals surface area contributed by atoms with E-state index in [1.807, 2.05) is 12.1 Å². The van der Waals surface area contributed by atoms with Gasteiger partial charge in [-0.05, 0) is 30.5 Å². The molecule has 2 aromatic rings. The molecule has 1 N–H and O–H groups in total. The molecule has 0 bridgehead atoms. The zero-order chi connectivity index (χ0) is 17.7. The summed E-state index contributed by atoms with van der Waals surface area (Å²) in [6.45, 7) is 1.89. The van der Waals surface area contributed by atoms with Crippen LogP contribution in [0.5, 0.6) is 0 Å². The molecule has 0 unspecified atom stereocenters. The maximum atomic E-state index is 13.7. The van der Waals surface area contributed by atoms with E-state index >= 15 is 0 Å². The van der Waals surface area contributed by atoms with Crippen LogP contribution in [0.1, 0.15) is 30.4 Å². The Balaban J connectivity index is 1.73. The number of nitrogens with zero attached hydrogens (tertiary/aromatic N) is 1. The minimum absolute atomic E-state index is 0.260. The third kappa shape index (κ3) is 4.26. The molecule has 1 aliphatic heterocycles. The predicted molar refractivity (Wildman–Crippen MR) is 96.0 cm³/mol. The molecule has 0 aliphatic carbocycles. The van der Waals surface area contributed by atoms with Crippen molar-refractivity contribution in [1.29, 1.82) is 0 Å². The van der Waals surface area contributed by atoms with Gasteiger partial charge in [-0.3, -0.25) is 0 Å². The van der Waals surface area contributed by atoms with Crippen molar-refractivity contribution in [2.45, 2.75) is 37.2 Å². The number of nitrogens with one attached hydrogen (secondary N) is 1. The van der Waals surface area contributed by atoms with Crippen LogP contribution in [0, 0.1) is 5.82 Å². The first kappa shape index (κ1) is 18.0. The molecule has 1 aliphatic rings. The molecule has 0 amide bonds. The highest BCUT2D eigenvalue weighted by Crippen LogP contribution is 2.23. The van der Waals surface area contributed by atoms with Crippen LogP contribution in [-0.4, -0.2) is 25.8 Å². The minimum Gasteiger partial charge on any atom is -0.308 e. The van der Waals surface area contributed by atoms with E-state index in [-0.39, 0.29) is 5.82 Å². The van der Waals surface area contributed by atoms with Gasteiger partial charge in [-0.2, -0.15) is 4.31 Å². The first-order chi connectivity index (χ1) is 12.1. The quantitative estimate of drug-likeness (QED) is 0.858. The Morgan fingerprint density at radius 2 is 1.48 bits per heavy atom. The van der Waals surface area contributed by atoms with Gasteiger partial charge in [-0.25, -0.2) is 12.8 Å². The normalized spacial score (nSPS) is 16.0. The average molecular weight is 362 g/mol. The van der Waals surface area contributed by atoms with E-state index in [9.17, 15) is 12.8 Å². The summed E-state index contributed by atoms with van der Waals surface area (Å²) in [5, 5.41) is 3.15. The van der Waals surface area contributed by atoms with Crippen molar-refractivity contribution in [3.8, 4) is 0 Å². The van der Waals surface area contributed by atoms with Gasteiger partial charge in [0.15, 0.2) is 0 Å². The molecule has 0 atom stereocenters. The topological polar surface area (TPSA) is 49.4 Å². The highest BCUT2D eigenvalue weighted by molar-refractivity contribution is 7.89. The van der Waals surface area contributed by atoms with E-state index in [2.05, 4.69) is 5.32 Å². The Labute approximate surface area is 148 Å². The van der Waals surface area contributed by atoms with Crippen LogP contribution in [-0.2, 0) is 23.1 Å². The molecule has 4 nitrogen and oxygen atoms in total. The lowest BCUT2D eigenvalue weighted by atomic mass is 10.2. The van der Waals surface area contributed by atoms with Gasteiger partial charge in [0.1, 0.15) is 5.82 Å². The first-order valence-corrected chi connectivity index (χ1v) is 10.1.